The number of H-pyrrole nitrogens is 1. The van der Waals surface area contributed by atoms with Crippen LogP contribution in [0.5, 0.6) is 0 Å². The van der Waals surface area contributed by atoms with Gasteiger partial charge in [-0.1, -0.05) is 13.3 Å². The Bertz CT molecular complexity index is 450. The number of nitrogens with one attached hydrogen (secondary N) is 2. The van der Waals surface area contributed by atoms with Gasteiger partial charge in [-0.05, 0) is 38.2 Å². The fourth-order valence-electron chi connectivity index (χ4n) is 2.27. The summed E-state index contributed by atoms with van der Waals surface area (Å²) in [7, 11) is 0. The van der Waals surface area contributed by atoms with E-state index < -0.39 is 0 Å². The van der Waals surface area contributed by atoms with Gasteiger partial charge in [0.05, 0.1) is 12.1 Å². The molecule has 0 radical (unpaired) electrons. The second-order valence-corrected chi connectivity index (χ2v) is 4.95. The zero-order valence-electron chi connectivity index (χ0n) is 11.0. The number of hydrogen-bond donors (Lipinski definition) is 2. The maximum absolute atomic E-state index is 11.7. The molecule has 98 valence electrons. The first-order valence-electron chi connectivity index (χ1n) is 6.52. The minimum Gasteiger partial charge on any atom is -0.283 e. The Morgan fingerprint density at radius 1 is 1.67 bits per heavy atom. The van der Waals surface area contributed by atoms with Gasteiger partial charge in [0, 0.05) is 11.4 Å². The molecule has 1 heterocycles. The Labute approximate surface area is 107 Å². The van der Waals surface area contributed by atoms with Gasteiger partial charge >= 0.3 is 0 Å². The van der Waals surface area contributed by atoms with Gasteiger partial charge in [-0.3, -0.25) is 9.89 Å². The number of amides is 1. The molecule has 0 saturated heterocycles. The van der Waals surface area contributed by atoms with Crippen molar-refractivity contribution in [3.63, 3.8) is 0 Å². The van der Waals surface area contributed by atoms with Gasteiger partial charge in [0.25, 0.3) is 0 Å². The van der Waals surface area contributed by atoms with Gasteiger partial charge < -0.3 is 0 Å². The molecule has 1 atom stereocenters. The summed E-state index contributed by atoms with van der Waals surface area (Å²) < 4.78 is 0. The van der Waals surface area contributed by atoms with Crippen molar-refractivity contribution >= 4 is 11.6 Å². The van der Waals surface area contributed by atoms with Crippen molar-refractivity contribution in [1.29, 1.82) is 0 Å². The molecule has 1 fully saturated rings. The summed E-state index contributed by atoms with van der Waals surface area (Å²) in [6, 6.07) is 1.87. The Hall–Kier alpha value is -1.65. The highest BCUT2D eigenvalue weighted by atomic mass is 16.2. The molecular formula is C13H20N4O. The van der Waals surface area contributed by atoms with E-state index in [1.54, 1.807) is 0 Å². The number of aryl methyl sites for hydroxylation is 1. The van der Waals surface area contributed by atoms with E-state index in [1.165, 1.54) is 12.8 Å². The molecular weight excluding hydrogens is 228 g/mol. The molecule has 5 nitrogen and oxygen atoms in total. The standard InChI is InChI=1S/C13H20N4O/c1-3-10-4-5-11(7-10)15-17-13(18)8-12-6-9(2)14-16-12/h6,10H,3-5,7-8H2,1-2H3,(H,14,16)(H,17,18)/t10-/m0/s1. The maximum atomic E-state index is 11.7. The average molecular weight is 248 g/mol. The van der Waals surface area contributed by atoms with Gasteiger partial charge in [0.15, 0.2) is 0 Å². The summed E-state index contributed by atoms with van der Waals surface area (Å²) in [6.07, 6.45) is 4.71. The third-order valence-electron chi connectivity index (χ3n) is 3.38. The molecule has 5 heteroatoms. The molecule has 0 aliphatic heterocycles. The van der Waals surface area contributed by atoms with Gasteiger partial charge in [-0.25, -0.2) is 5.43 Å². The summed E-state index contributed by atoms with van der Waals surface area (Å²) >= 11 is 0. The largest absolute Gasteiger partial charge is 0.283 e. The van der Waals surface area contributed by atoms with Crippen LogP contribution in [0, 0.1) is 12.8 Å². The van der Waals surface area contributed by atoms with Crippen LogP contribution in [0.4, 0.5) is 0 Å². The fraction of sp³-hybridized carbons (Fsp3) is 0.615. The molecule has 0 spiro atoms. The SMILES string of the molecule is CC[C@H]1CCC(=NNC(=O)Cc2cc(C)[nH]n2)C1. The van der Waals surface area contributed by atoms with Crippen LogP contribution >= 0.6 is 0 Å². The van der Waals surface area contributed by atoms with E-state index in [1.807, 2.05) is 13.0 Å². The quantitative estimate of drug-likeness (QED) is 0.799. The first-order chi connectivity index (χ1) is 8.67. The lowest BCUT2D eigenvalue weighted by molar-refractivity contribution is -0.120. The van der Waals surface area contributed by atoms with Crippen molar-refractivity contribution in [1.82, 2.24) is 15.6 Å². The van der Waals surface area contributed by atoms with Crippen LogP contribution < -0.4 is 5.43 Å². The highest BCUT2D eigenvalue weighted by Crippen LogP contribution is 2.25. The van der Waals surface area contributed by atoms with Crippen LogP contribution in [0.15, 0.2) is 11.2 Å². The van der Waals surface area contributed by atoms with E-state index in [-0.39, 0.29) is 12.3 Å². The number of aromatic amines is 1. The number of rotatable bonds is 4. The number of hydrogen-bond acceptors (Lipinski definition) is 3. The summed E-state index contributed by atoms with van der Waals surface area (Å²) in [5, 5.41) is 11.0. The molecule has 1 aliphatic rings. The normalized spacial score (nSPS) is 21.4. The van der Waals surface area contributed by atoms with Crippen molar-refractivity contribution in [3.8, 4) is 0 Å². The topological polar surface area (TPSA) is 70.1 Å². The molecule has 2 N–H and O–H groups in total. The molecule has 18 heavy (non-hydrogen) atoms. The molecule has 0 unspecified atom stereocenters. The van der Waals surface area contributed by atoms with Crippen LogP contribution in [0.1, 0.15) is 44.0 Å². The molecule has 1 aromatic rings. The number of carbonyl (C=O) groups excluding carboxylic acids is 1. The monoisotopic (exact) mass is 248 g/mol. The van der Waals surface area contributed by atoms with Crippen LogP contribution in [0.2, 0.25) is 0 Å². The average Bonchev–Trinajstić information content (AvgIpc) is 2.95. The highest BCUT2D eigenvalue weighted by molar-refractivity contribution is 5.88. The van der Waals surface area contributed by atoms with E-state index in [4.69, 9.17) is 0 Å². The lowest BCUT2D eigenvalue weighted by Gasteiger charge is -2.01. The molecule has 0 aromatic carbocycles. The lowest BCUT2D eigenvalue weighted by atomic mass is 10.1. The third-order valence-corrected chi connectivity index (χ3v) is 3.38. The number of hydrazone groups is 1. The van der Waals surface area contributed by atoms with Crippen molar-refractivity contribution in [2.75, 3.05) is 0 Å². The molecule has 1 aromatic heterocycles. The van der Waals surface area contributed by atoms with E-state index >= 15 is 0 Å². The van der Waals surface area contributed by atoms with Gasteiger partial charge in [-0.15, -0.1) is 0 Å². The van der Waals surface area contributed by atoms with Gasteiger partial charge in [0.2, 0.25) is 5.91 Å². The van der Waals surface area contributed by atoms with Crippen LogP contribution in [-0.2, 0) is 11.2 Å². The zero-order valence-corrected chi connectivity index (χ0v) is 11.0. The Kier molecular flexibility index (Phi) is 4.12. The zero-order chi connectivity index (χ0) is 13.0. The maximum Gasteiger partial charge on any atom is 0.246 e. The first-order valence-corrected chi connectivity index (χ1v) is 6.52. The van der Waals surface area contributed by atoms with Crippen molar-refractivity contribution in [2.45, 2.75) is 46.0 Å². The smallest absolute Gasteiger partial charge is 0.246 e. The number of nitrogens with zero attached hydrogens (tertiary/aromatic N) is 2. The minimum absolute atomic E-state index is 0.103. The van der Waals surface area contributed by atoms with E-state index in [9.17, 15) is 4.79 Å². The fourth-order valence-corrected chi connectivity index (χ4v) is 2.27. The Balaban J connectivity index is 1.80. The minimum atomic E-state index is -0.103. The van der Waals surface area contributed by atoms with Crippen LogP contribution in [-0.4, -0.2) is 21.8 Å². The summed E-state index contributed by atoms with van der Waals surface area (Å²) in [5.41, 5.74) is 5.46. The number of aromatic nitrogens is 2. The van der Waals surface area contributed by atoms with E-state index in [0.29, 0.717) is 0 Å². The first kappa shape index (κ1) is 12.8. The second-order valence-electron chi connectivity index (χ2n) is 4.95. The molecule has 1 amide bonds. The lowest BCUT2D eigenvalue weighted by Crippen LogP contribution is -2.21. The van der Waals surface area contributed by atoms with E-state index in [2.05, 4.69) is 27.6 Å². The van der Waals surface area contributed by atoms with Gasteiger partial charge in [-0.2, -0.15) is 10.2 Å². The summed E-state index contributed by atoms with van der Waals surface area (Å²) in [6.45, 7) is 4.12. The summed E-state index contributed by atoms with van der Waals surface area (Å²) in [4.78, 5) is 11.7. The predicted molar refractivity (Wildman–Crippen MR) is 70.2 cm³/mol. The van der Waals surface area contributed by atoms with Crippen molar-refractivity contribution < 1.29 is 4.79 Å². The molecule has 1 aliphatic carbocycles. The Morgan fingerprint density at radius 3 is 3.11 bits per heavy atom. The molecule has 1 saturated carbocycles. The highest BCUT2D eigenvalue weighted by Gasteiger charge is 2.19. The predicted octanol–water partition coefficient (Wildman–Crippen LogP) is 1.94. The van der Waals surface area contributed by atoms with Crippen LogP contribution in [0.25, 0.3) is 0 Å². The van der Waals surface area contributed by atoms with E-state index in [0.717, 1.165) is 35.9 Å². The molecule has 0 bridgehead atoms. The summed E-state index contributed by atoms with van der Waals surface area (Å²) in [5.74, 6) is 0.642. The second kappa shape index (κ2) is 5.80. The van der Waals surface area contributed by atoms with Crippen molar-refractivity contribution in [3.05, 3.63) is 17.5 Å². The third kappa shape index (κ3) is 3.42. The van der Waals surface area contributed by atoms with Crippen LogP contribution in [0.3, 0.4) is 0 Å². The number of carbonyl (C=O) groups is 1. The van der Waals surface area contributed by atoms with Gasteiger partial charge in [0.1, 0.15) is 0 Å². The molecule has 2 rings (SSSR count). The Morgan fingerprint density at radius 2 is 2.50 bits per heavy atom. The van der Waals surface area contributed by atoms with Crippen molar-refractivity contribution in [2.24, 2.45) is 11.0 Å².